The van der Waals surface area contributed by atoms with Gasteiger partial charge in [-0.15, -0.1) is 10.2 Å². The molecule has 0 unspecified atom stereocenters. The van der Waals surface area contributed by atoms with Crippen molar-refractivity contribution in [1.29, 1.82) is 0 Å². The first-order valence-corrected chi connectivity index (χ1v) is 10.2. The van der Waals surface area contributed by atoms with Crippen LogP contribution in [0.2, 0.25) is 0 Å². The summed E-state index contributed by atoms with van der Waals surface area (Å²) in [5.74, 6) is 0.924. The first kappa shape index (κ1) is 20.5. The summed E-state index contributed by atoms with van der Waals surface area (Å²) in [6, 6.07) is 16.5. The maximum absolute atomic E-state index is 12.1. The van der Waals surface area contributed by atoms with E-state index >= 15 is 0 Å². The van der Waals surface area contributed by atoms with E-state index in [4.69, 9.17) is 4.74 Å². The molecule has 1 heterocycles. The summed E-state index contributed by atoms with van der Waals surface area (Å²) >= 11 is 1.36. The maximum atomic E-state index is 12.1. The van der Waals surface area contributed by atoms with Crippen LogP contribution in [0.4, 0.5) is 10.8 Å². The lowest BCUT2D eigenvalue weighted by Crippen LogP contribution is -2.17. The average molecular weight is 410 g/mol. The van der Waals surface area contributed by atoms with Gasteiger partial charge in [0, 0.05) is 24.9 Å². The van der Waals surface area contributed by atoms with E-state index in [0.717, 1.165) is 23.6 Å². The van der Waals surface area contributed by atoms with Crippen molar-refractivity contribution >= 4 is 34.0 Å². The van der Waals surface area contributed by atoms with Crippen LogP contribution in [0.25, 0.3) is 0 Å². The van der Waals surface area contributed by atoms with Crippen molar-refractivity contribution in [3.05, 3.63) is 59.6 Å². The molecule has 3 rings (SSSR count). The number of para-hydroxylation sites is 1. The van der Waals surface area contributed by atoms with Crippen molar-refractivity contribution in [2.24, 2.45) is 0 Å². The van der Waals surface area contributed by atoms with Gasteiger partial charge < -0.3 is 15.4 Å². The van der Waals surface area contributed by atoms with Crippen molar-refractivity contribution in [2.75, 3.05) is 10.6 Å². The molecule has 150 valence electrons. The number of benzene rings is 2. The van der Waals surface area contributed by atoms with E-state index in [0.29, 0.717) is 16.6 Å². The van der Waals surface area contributed by atoms with Crippen LogP contribution in [0, 0.1) is 0 Å². The summed E-state index contributed by atoms with van der Waals surface area (Å²) in [4.78, 5) is 24.1. The number of aromatic nitrogens is 2. The highest BCUT2D eigenvalue weighted by Crippen LogP contribution is 2.22. The minimum atomic E-state index is -0.258. The number of nitrogens with zero attached hydrogens (tertiary/aromatic N) is 2. The molecule has 0 saturated carbocycles. The fourth-order valence-electron chi connectivity index (χ4n) is 2.48. The van der Waals surface area contributed by atoms with Gasteiger partial charge in [0.2, 0.25) is 16.9 Å². The largest absolute Gasteiger partial charge is 0.457 e. The second-order valence-electron chi connectivity index (χ2n) is 6.29. The Morgan fingerprint density at radius 1 is 0.897 bits per heavy atom. The van der Waals surface area contributed by atoms with Gasteiger partial charge in [0.1, 0.15) is 16.5 Å². The Balaban J connectivity index is 1.42. The number of aryl methyl sites for hydroxylation is 1. The molecule has 29 heavy (non-hydrogen) atoms. The molecular formula is C21H22N4O3S. The van der Waals surface area contributed by atoms with E-state index in [-0.39, 0.29) is 24.7 Å². The molecule has 1 aromatic heterocycles. The molecule has 0 bridgehead atoms. The SMILES string of the molecule is CCCc1nnc(NC(=O)CCC(=O)Nc2ccc(Oc3ccccc3)cc2)s1. The number of carbonyl (C=O) groups excluding carboxylic acids is 2. The first-order valence-electron chi connectivity index (χ1n) is 9.37. The number of rotatable bonds is 9. The molecule has 0 saturated heterocycles. The van der Waals surface area contributed by atoms with Gasteiger partial charge >= 0.3 is 0 Å². The van der Waals surface area contributed by atoms with E-state index in [2.05, 4.69) is 27.8 Å². The van der Waals surface area contributed by atoms with E-state index < -0.39 is 0 Å². The molecule has 0 aliphatic rings. The van der Waals surface area contributed by atoms with Crippen LogP contribution in [0.15, 0.2) is 54.6 Å². The van der Waals surface area contributed by atoms with Crippen LogP contribution in [0.5, 0.6) is 11.5 Å². The van der Waals surface area contributed by atoms with Crippen LogP contribution >= 0.6 is 11.3 Å². The Kier molecular flexibility index (Phi) is 7.29. The first-order chi connectivity index (χ1) is 14.1. The smallest absolute Gasteiger partial charge is 0.226 e. The summed E-state index contributed by atoms with van der Waals surface area (Å²) in [6.45, 7) is 2.06. The van der Waals surface area contributed by atoms with Gasteiger partial charge in [0.25, 0.3) is 0 Å². The molecule has 2 aromatic carbocycles. The van der Waals surface area contributed by atoms with Gasteiger partial charge in [-0.25, -0.2) is 0 Å². The van der Waals surface area contributed by atoms with Crippen molar-refractivity contribution in [2.45, 2.75) is 32.6 Å². The van der Waals surface area contributed by atoms with Gasteiger partial charge in [0.15, 0.2) is 0 Å². The molecule has 8 heteroatoms. The van der Waals surface area contributed by atoms with E-state index in [1.54, 1.807) is 24.3 Å². The van der Waals surface area contributed by atoms with Crippen LogP contribution in [0.3, 0.4) is 0 Å². The third-order valence-corrected chi connectivity index (χ3v) is 4.77. The monoisotopic (exact) mass is 410 g/mol. The predicted molar refractivity (Wildman–Crippen MR) is 113 cm³/mol. The van der Waals surface area contributed by atoms with Gasteiger partial charge in [-0.05, 0) is 42.8 Å². The average Bonchev–Trinajstić information content (AvgIpc) is 3.16. The van der Waals surface area contributed by atoms with Crippen LogP contribution in [0.1, 0.15) is 31.2 Å². The number of hydrogen-bond acceptors (Lipinski definition) is 6. The van der Waals surface area contributed by atoms with E-state index in [1.807, 2.05) is 30.3 Å². The van der Waals surface area contributed by atoms with Gasteiger partial charge in [0.05, 0.1) is 0 Å². The van der Waals surface area contributed by atoms with Gasteiger partial charge in [-0.1, -0.05) is 36.5 Å². The molecule has 0 radical (unpaired) electrons. The summed E-state index contributed by atoms with van der Waals surface area (Å²) in [5.41, 5.74) is 0.643. The topological polar surface area (TPSA) is 93.2 Å². The second-order valence-corrected chi connectivity index (χ2v) is 7.35. The van der Waals surface area contributed by atoms with Crippen LogP contribution < -0.4 is 15.4 Å². The zero-order valence-electron chi connectivity index (χ0n) is 16.1. The Bertz CT molecular complexity index is 942. The standard InChI is InChI=1S/C21H22N4O3S/c1-2-6-20-24-25-21(29-20)23-19(27)14-13-18(26)22-15-9-11-17(12-10-15)28-16-7-4-3-5-8-16/h3-5,7-12H,2,6,13-14H2,1H3,(H,22,26)(H,23,25,27). The highest BCUT2D eigenvalue weighted by atomic mass is 32.1. The van der Waals surface area contributed by atoms with Gasteiger partial charge in [-0.3, -0.25) is 9.59 Å². The predicted octanol–water partition coefficient (Wildman–Crippen LogP) is 4.64. The van der Waals surface area contributed by atoms with Crippen LogP contribution in [-0.4, -0.2) is 22.0 Å². The molecule has 0 aliphatic carbocycles. The van der Waals surface area contributed by atoms with Crippen molar-refractivity contribution in [3.63, 3.8) is 0 Å². The molecule has 3 aromatic rings. The van der Waals surface area contributed by atoms with E-state index in [1.165, 1.54) is 11.3 Å². The number of anilines is 2. The zero-order chi connectivity index (χ0) is 20.5. The van der Waals surface area contributed by atoms with Gasteiger partial charge in [-0.2, -0.15) is 0 Å². The molecule has 0 spiro atoms. The minimum Gasteiger partial charge on any atom is -0.457 e. The van der Waals surface area contributed by atoms with Crippen LogP contribution in [-0.2, 0) is 16.0 Å². The molecular weight excluding hydrogens is 388 g/mol. The quantitative estimate of drug-likeness (QED) is 0.536. The zero-order valence-corrected chi connectivity index (χ0v) is 16.9. The normalized spacial score (nSPS) is 10.4. The second kappa shape index (κ2) is 10.3. The summed E-state index contributed by atoms with van der Waals surface area (Å²) in [7, 11) is 0. The maximum Gasteiger partial charge on any atom is 0.226 e. The number of ether oxygens (including phenoxy) is 1. The fraction of sp³-hybridized carbons (Fsp3) is 0.238. The molecule has 0 fully saturated rings. The highest BCUT2D eigenvalue weighted by molar-refractivity contribution is 7.15. The lowest BCUT2D eigenvalue weighted by atomic mass is 10.2. The fourth-order valence-corrected chi connectivity index (χ4v) is 3.34. The Labute approximate surface area is 173 Å². The Hall–Kier alpha value is -3.26. The van der Waals surface area contributed by atoms with E-state index in [9.17, 15) is 9.59 Å². The van der Waals surface area contributed by atoms with Crippen molar-refractivity contribution in [3.8, 4) is 11.5 Å². The number of carbonyl (C=O) groups is 2. The number of amides is 2. The lowest BCUT2D eigenvalue weighted by Gasteiger charge is -2.08. The summed E-state index contributed by atoms with van der Waals surface area (Å²) < 4.78 is 5.72. The Morgan fingerprint density at radius 2 is 1.55 bits per heavy atom. The number of hydrogen-bond donors (Lipinski definition) is 2. The molecule has 0 atom stereocenters. The molecule has 7 nitrogen and oxygen atoms in total. The summed E-state index contributed by atoms with van der Waals surface area (Å²) in [6.07, 6.45) is 1.96. The number of nitrogens with one attached hydrogen (secondary N) is 2. The molecule has 2 amide bonds. The Morgan fingerprint density at radius 3 is 2.24 bits per heavy atom. The third-order valence-electron chi connectivity index (χ3n) is 3.87. The summed E-state index contributed by atoms with van der Waals surface area (Å²) in [5, 5.41) is 14.7. The van der Waals surface area contributed by atoms with Crippen molar-refractivity contribution < 1.29 is 14.3 Å². The molecule has 2 N–H and O–H groups in total. The third kappa shape index (κ3) is 6.69. The minimum absolute atomic E-state index is 0.0731. The lowest BCUT2D eigenvalue weighted by molar-refractivity contribution is -0.121. The molecule has 0 aliphatic heterocycles. The van der Waals surface area contributed by atoms with Crippen molar-refractivity contribution in [1.82, 2.24) is 10.2 Å². The highest BCUT2D eigenvalue weighted by Gasteiger charge is 2.11.